The van der Waals surface area contributed by atoms with Crippen molar-refractivity contribution >= 4 is 5.91 Å². The number of methoxy groups -OCH3 is 1. The van der Waals surface area contributed by atoms with Gasteiger partial charge in [0.25, 0.3) is 0 Å². The van der Waals surface area contributed by atoms with E-state index in [0.717, 1.165) is 13.0 Å². The summed E-state index contributed by atoms with van der Waals surface area (Å²) in [5, 5.41) is 0. The van der Waals surface area contributed by atoms with Gasteiger partial charge in [-0.25, -0.2) is 0 Å². The van der Waals surface area contributed by atoms with E-state index in [2.05, 4.69) is 6.08 Å². The Morgan fingerprint density at radius 3 is 2.93 bits per heavy atom. The lowest BCUT2D eigenvalue weighted by Crippen LogP contribution is -2.37. The Balaban J connectivity index is 2.32. The highest BCUT2D eigenvalue weighted by molar-refractivity contribution is 5.77. The molecule has 86 valence electrons. The van der Waals surface area contributed by atoms with Crippen LogP contribution in [-0.4, -0.2) is 50.8 Å². The number of carbonyl (C=O) groups is 1. The van der Waals surface area contributed by atoms with Crippen molar-refractivity contribution < 1.29 is 14.3 Å². The first-order chi connectivity index (χ1) is 7.27. The number of hydrogen-bond acceptors (Lipinski definition) is 3. The molecule has 0 aromatic heterocycles. The molecule has 0 spiro atoms. The zero-order valence-electron chi connectivity index (χ0n) is 9.49. The molecule has 0 aromatic rings. The van der Waals surface area contributed by atoms with Crippen LogP contribution in [0.3, 0.4) is 0 Å². The van der Waals surface area contributed by atoms with Crippen LogP contribution in [0.1, 0.15) is 13.3 Å². The first-order valence-electron chi connectivity index (χ1n) is 5.30. The van der Waals surface area contributed by atoms with Crippen LogP contribution in [0.2, 0.25) is 0 Å². The van der Waals surface area contributed by atoms with Crippen LogP contribution in [0.5, 0.6) is 0 Å². The highest BCUT2D eigenvalue weighted by atomic mass is 16.5. The van der Waals surface area contributed by atoms with Crippen molar-refractivity contribution in [2.45, 2.75) is 13.3 Å². The third-order valence-electron chi connectivity index (χ3n) is 2.42. The number of nitrogens with zero attached hydrogens (tertiary/aromatic N) is 1. The van der Waals surface area contributed by atoms with Gasteiger partial charge in [0.15, 0.2) is 0 Å². The quantitative estimate of drug-likeness (QED) is 0.635. The summed E-state index contributed by atoms with van der Waals surface area (Å²) >= 11 is 0. The maximum Gasteiger partial charge on any atom is 0.248 e. The van der Waals surface area contributed by atoms with Gasteiger partial charge in [0, 0.05) is 26.8 Å². The number of carbonyl (C=O) groups excluding carboxylic acids is 1. The van der Waals surface area contributed by atoms with Crippen LogP contribution in [-0.2, 0) is 14.3 Å². The molecular formula is C11H19NO3. The van der Waals surface area contributed by atoms with E-state index in [0.29, 0.717) is 19.8 Å². The van der Waals surface area contributed by atoms with E-state index in [1.54, 1.807) is 7.11 Å². The molecule has 0 saturated carbocycles. The molecule has 0 bridgehead atoms. The molecule has 1 rings (SSSR count). The summed E-state index contributed by atoms with van der Waals surface area (Å²) in [6.45, 7) is 4.81. The lowest BCUT2D eigenvalue weighted by molar-refractivity contribution is -0.135. The summed E-state index contributed by atoms with van der Waals surface area (Å²) in [6.07, 6.45) is 2.97. The molecule has 0 N–H and O–H groups in total. The molecule has 4 nitrogen and oxygen atoms in total. The maximum absolute atomic E-state index is 11.6. The Kier molecular flexibility index (Phi) is 5.36. The average molecular weight is 213 g/mol. The van der Waals surface area contributed by atoms with Crippen molar-refractivity contribution in [1.29, 1.82) is 0 Å². The SMILES string of the molecule is CCOCC(=O)N1CC=C(COC)CC1. The van der Waals surface area contributed by atoms with E-state index in [1.165, 1.54) is 5.57 Å². The number of ether oxygens (including phenoxy) is 2. The minimum atomic E-state index is 0.0737. The van der Waals surface area contributed by atoms with Gasteiger partial charge in [-0.3, -0.25) is 4.79 Å². The smallest absolute Gasteiger partial charge is 0.248 e. The van der Waals surface area contributed by atoms with Crippen molar-refractivity contribution in [2.75, 3.05) is 40.0 Å². The predicted molar refractivity (Wildman–Crippen MR) is 57.6 cm³/mol. The van der Waals surface area contributed by atoms with Gasteiger partial charge in [-0.2, -0.15) is 0 Å². The minimum Gasteiger partial charge on any atom is -0.380 e. The van der Waals surface area contributed by atoms with Gasteiger partial charge < -0.3 is 14.4 Å². The van der Waals surface area contributed by atoms with Crippen molar-refractivity contribution in [3.05, 3.63) is 11.6 Å². The van der Waals surface area contributed by atoms with E-state index in [-0.39, 0.29) is 12.5 Å². The third kappa shape index (κ3) is 4.01. The van der Waals surface area contributed by atoms with Crippen LogP contribution in [0.15, 0.2) is 11.6 Å². The zero-order chi connectivity index (χ0) is 11.1. The summed E-state index contributed by atoms with van der Waals surface area (Å²) in [4.78, 5) is 13.4. The van der Waals surface area contributed by atoms with Gasteiger partial charge in [-0.05, 0) is 18.9 Å². The monoisotopic (exact) mass is 213 g/mol. The number of rotatable bonds is 5. The molecule has 15 heavy (non-hydrogen) atoms. The summed E-state index contributed by atoms with van der Waals surface area (Å²) in [5.74, 6) is 0.0737. The molecule has 0 radical (unpaired) electrons. The van der Waals surface area contributed by atoms with Crippen molar-refractivity contribution in [1.82, 2.24) is 4.90 Å². The molecule has 0 fully saturated rings. The number of amides is 1. The van der Waals surface area contributed by atoms with Crippen LogP contribution in [0.25, 0.3) is 0 Å². The molecule has 1 aliphatic heterocycles. The minimum absolute atomic E-state index is 0.0737. The standard InChI is InChI=1S/C11H19NO3/c1-3-15-9-11(13)12-6-4-10(5-7-12)8-14-2/h4H,3,5-9H2,1-2H3. The molecule has 0 aromatic carbocycles. The average Bonchev–Trinajstić information content (AvgIpc) is 2.27. The Morgan fingerprint density at radius 2 is 2.40 bits per heavy atom. The topological polar surface area (TPSA) is 38.8 Å². The van der Waals surface area contributed by atoms with Crippen LogP contribution in [0.4, 0.5) is 0 Å². The van der Waals surface area contributed by atoms with Gasteiger partial charge in [0.2, 0.25) is 5.91 Å². The highest BCUT2D eigenvalue weighted by Gasteiger charge is 2.16. The van der Waals surface area contributed by atoms with Gasteiger partial charge >= 0.3 is 0 Å². The van der Waals surface area contributed by atoms with Crippen molar-refractivity contribution in [3.63, 3.8) is 0 Å². The summed E-state index contributed by atoms with van der Waals surface area (Å²) in [7, 11) is 1.69. The Hall–Kier alpha value is -0.870. The van der Waals surface area contributed by atoms with E-state index < -0.39 is 0 Å². The second kappa shape index (κ2) is 6.58. The third-order valence-corrected chi connectivity index (χ3v) is 2.42. The molecule has 1 amide bonds. The summed E-state index contributed by atoms with van der Waals surface area (Å²) in [5.41, 5.74) is 1.28. The van der Waals surface area contributed by atoms with E-state index in [1.807, 2.05) is 11.8 Å². The van der Waals surface area contributed by atoms with Gasteiger partial charge in [-0.1, -0.05) is 6.08 Å². The molecule has 0 aliphatic carbocycles. The fourth-order valence-electron chi connectivity index (χ4n) is 1.53. The molecule has 1 heterocycles. The molecule has 0 unspecified atom stereocenters. The largest absolute Gasteiger partial charge is 0.380 e. The first kappa shape index (κ1) is 12.2. The zero-order valence-corrected chi connectivity index (χ0v) is 9.49. The second-order valence-corrected chi connectivity index (χ2v) is 3.52. The van der Waals surface area contributed by atoms with Gasteiger partial charge in [0.1, 0.15) is 6.61 Å². The normalized spacial score (nSPS) is 16.4. The highest BCUT2D eigenvalue weighted by Crippen LogP contribution is 2.10. The predicted octanol–water partition coefficient (Wildman–Crippen LogP) is 0.828. The second-order valence-electron chi connectivity index (χ2n) is 3.52. The van der Waals surface area contributed by atoms with Crippen LogP contribution < -0.4 is 0 Å². The van der Waals surface area contributed by atoms with Crippen LogP contribution >= 0.6 is 0 Å². The van der Waals surface area contributed by atoms with E-state index in [9.17, 15) is 4.79 Å². The molecule has 0 atom stereocenters. The maximum atomic E-state index is 11.6. The van der Waals surface area contributed by atoms with Crippen molar-refractivity contribution in [3.8, 4) is 0 Å². The lowest BCUT2D eigenvalue weighted by Gasteiger charge is -2.26. The fraction of sp³-hybridized carbons (Fsp3) is 0.727. The molecular weight excluding hydrogens is 194 g/mol. The Morgan fingerprint density at radius 1 is 1.60 bits per heavy atom. The van der Waals surface area contributed by atoms with E-state index in [4.69, 9.17) is 9.47 Å². The molecule has 0 saturated heterocycles. The fourth-order valence-corrected chi connectivity index (χ4v) is 1.53. The summed E-state index contributed by atoms with van der Waals surface area (Å²) < 4.78 is 10.1. The van der Waals surface area contributed by atoms with Crippen molar-refractivity contribution in [2.24, 2.45) is 0 Å². The molecule has 1 aliphatic rings. The lowest BCUT2D eigenvalue weighted by atomic mass is 10.1. The Bertz CT molecular complexity index is 238. The van der Waals surface area contributed by atoms with Gasteiger partial charge in [0.05, 0.1) is 6.61 Å². The summed E-state index contributed by atoms with van der Waals surface area (Å²) in [6, 6.07) is 0. The Labute approximate surface area is 90.8 Å². The van der Waals surface area contributed by atoms with Gasteiger partial charge in [-0.15, -0.1) is 0 Å². The first-order valence-corrected chi connectivity index (χ1v) is 5.30. The van der Waals surface area contributed by atoms with E-state index >= 15 is 0 Å². The molecule has 4 heteroatoms. The number of hydrogen-bond donors (Lipinski definition) is 0. The van der Waals surface area contributed by atoms with Crippen LogP contribution in [0, 0.1) is 0 Å².